The Kier molecular flexibility index (Phi) is 4.26. The second kappa shape index (κ2) is 4.58. The number of carbonyl (C=O) groups excluding carboxylic acids is 1. The minimum absolute atomic E-state index is 0.490. The van der Waals surface area contributed by atoms with Crippen molar-refractivity contribution in [3.8, 4) is 12.3 Å². The maximum absolute atomic E-state index is 9.43. The van der Waals surface area contributed by atoms with Crippen LogP contribution in [-0.2, 0) is 4.79 Å². The van der Waals surface area contributed by atoms with Crippen LogP contribution < -0.4 is 0 Å². The van der Waals surface area contributed by atoms with Crippen LogP contribution in [0.1, 0.15) is 0 Å². The summed E-state index contributed by atoms with van der Waals surface area (Å²) < 4.78 is 0. The lowest BCUT2D eigenvalue weighted by Gasteiger charge is -1.70. The normalized spacial score (nSPS) is 6.50. The molecule has 0 radical (unpaired) electrons. The third-order valence-corrected chi connectivity index (χ3v) is 0.704. The first-order valence-corrected chi connectivity index (χ1v) is 2.45. The van der Waals surface area contributed by atoms with Crippen molar-refractivity contribution in [2.45, 2.75) is 0 Å². The van der Waals surface area contributed by atoms with Gasteiger partial charge in [-0.25, -0.2) is 0 Å². The lowest BCUT2D eigenvalue weighted by molar-refractivity contribution is 0.570. The molecule has 0 saturated heterocycles. The van der Waals surface area contributed by atoms with Gasteiger partial charge in [-0.1, -0.05) is 17.7 Å². The first-order chi connectivity index (χ1) is 2.91. The monoisotopic (exact) mass is 100.0 g/mol. The van der Waals surface area contributed by atoms with E-state index in [1.807, 2.05) is 0 Å². The molecule has 0 aliphatic heterocycles. The van der Waals surface area contributed by atoms with Crippen LogP contribution in [-0.4, -0.2) is 11.4 Å². The molecule has 0 aliphatic rings. The summed E-state index contributed by atoms with van der Waals surface area (Å²) in [5.41, 5.74) is 0.736. The molecule has 1 nitrogen and oxygen atoms in total. The van der Waals surface area contributed by atoms with Crippen LogP contribution in [0.15, 0.2) is 0 Å². The highest BCUT2D eigenvalue weighted by Gasteiger charge is 1.70. The van der Waals surface area contributed by atoms with E-state index in [4.69, 9.17) is 6.42 Å². The van der Waals surface area contributed by atoms with Crippen molar-refractivity contribution in [3.63, 3.8) is 0 Å². The van der Waals surface area contributed by atoms with Gasteiger partial charge in [0.05, 0.1) is 5.75 Å². The van der Waals surface area contributed by atoms with Gasteiger partial charge >= 0.3 is 0 Å². The molecule has 0 unspecified atom stereocenters. The molecular weight excluding hydrogens is 96.1 g/mol. The Hall–Kier alpha value is -0.420. The number of hydrogen-bond donors (Lipinski definition) is 0. The average Bonchev–Trinajstić information content (AvgIpc) is 1.61. The van der Waals surface area contributed by atoms with E-state index in [0.717, 1.165) is 17.4 Å². The Labute approximate surface area is 41.1 Å². The molecule has 2 heteroatoms. The van der Waals surface area contributed by atoms with Crippen LogP contribution >= 0.6 is 11.8 Å². The molecule has 0 bridgehead atoms. The minimum Gasteiger partial charge on any atom is -0.291 e. The number of thioether (sulfide) groups is 1. The van der Waals surface area contributed by atoms with Crippen LogP contribution in [0.4, 0.5) is 0 Å². The van der Waals surface area contributed by atoms with E-state index in [-0.39, 0.29) is 0 Å². The van der Waals surface area contributed by atoms with Crippen molar-refractivity contribution in [3.05, 3.63) is 0 Å². The SMILES string of the molecule is C#CCSC=O. The largest absolute Gasteiger partial charge is 0.291 e. The highest BCUT2D eigenvalue weighted by atomic mass is 32.2. The van der Waals surface area contributed by atoms with Gasteiger partial charge in [0, 0.05) is 0 Å². The van der Waals surface area contributed by atoms with Crippen molar-refractivity contribution in [2.75, 3.05) is 5.75 Å². The molecule has 0 aromatic rings. The Morgan fingerprint density at radius 2 is 2.67 bits per heavy atom. The molecule has 6 heavy (non-hydrogen) atoms. The maximum Gasteiger partial charge on any atom is 0.177 e. The van der Waals surface area contributed by atoms with Gasteiger partial charge in [0.1, 0.15) is 0 Å². The summed E-state index contributed by atoms with van der Waals surface area (Å²) in [5, 5.41) is 0. The van der Waals surface area contributed by atoms with Crippen molar-refractivity contribution in [1.82, 2.24) is 0 Å². The van der Waals surface area contributed by atoms with E-state index in [1.165, 1.54) is 0 Å². The van der Waals surface area contributed by atoms with Gasteiger partial charge < -0.3 is 0 Å². The molecule has 0 aromatic heterocycles. The standard InChI is InChI=1S/C4H4OS/c1-2-3-6-4-5/h1,4H,3H2. The Morgan fingerprint density at radius 1 is 2.00 bits per heavy atom. The first-order valence-electron chi connectivity index (χ1n) is 1.40. The molecule has 32 valence electrons. The first kappa shape index (κ1) is 5.58. The Bertz CT molecular complexity index is 72.1. The molecule has 0 N–H and O–H groups in total. The molecule has 0 amide bonds. The molecule has 0 aliphatic carbocycles. The second-order valence-corrected chi connectivity index (χ2v) is 1.43. The van der Waals surface area contributed by atoms with E-state index in [2.05, 4.69) is 5.92 Å². The van der Waals surface area contributed by atoms with Crippen LogP contribution in [0, 0.1) is 12.3 Å². The fourth-order valence-electron chi connectivity index (χ4n) is 0.0821. The highest BCUT2D eigenvalue weighted by Crippen LogP contribution is 1.86. The Morgan fingerprint density at radius 3 is 2.83 bits per heavy atom. The smallest absolute Gasteiger partial charge is 0.177 e. The van der Waals surface area contributed by atoms with E-state index < -0.39 is 0 Å². The number of hydrogen-bond acceptors (Lipinski definition) is 2. The second-order valence-electron chi connectivity index (χ2n) is 0.611. The lowest BCUT2D eigenvalue weighted by Crippen LogP contribution is -1.65. The van der Waals surface area contributed by atoms with Crippen LogP contribution in [0.25, 0.3) is 0 Å². The van der Waals surface area contributed by atoms with E-state index >= 15 is 0 Å². The van der Waals surface area contributed by atoms with Gasteiger partial charge in [-0.3, -0.25) is 4.79 Å². The third-order valence-electron chi connectivity index (χ3n) is 0.235. The number of rotatable bonds is 2. The summed E-state index contributed by atoms with van der Waals surface area (Å²) >= 11 is 1.09. The molecule has 0 saturated carbocycles. The summed E-state index contributed by atoms with van der Waals surface area (Å²) in [6.45, 7) is 0. The summed E-state index contributed by atoms with van der Waals surface area (Å²) in [6.07, 6.45) is 4.78. The zero-order chi connectivity index (χ0) is 4.83. The lowest BCUT2D eigenvalue weighted by atomic mass is 10.8. The third kappa shape index (κ3) is 3.58. The average molecular weight is 100 g/mol. The van der Waals surface area contributed by atoms with Crippen LogP contribution in [0.5, 0.6) is 0 Å². The predicted molar refractivity (Wildman–Crippen MR) is 28.0 cm³/mol. The molecule has 0 fully saturated rings. The number of carbonyl (C=O) groups is 1. The summed E-state index contributed by atoms with van der Waals surface area (Å²) in [6, 6.07) is 0. The molecular formula is C4H4OS. The quantitative estimate of drug-likeness (QED) is 0.286. The topological polar surface area (TPSA) is 17.1 Å². The van der Waals surface area contributed by atoms with E-state index in [9.17, 15) is 4.79 Å². The maximum atomic E-state index is 9.43. The van der Waals surface area contributed by atoms with E-state index in [0.29, 0.717) is 5.75 Å². The fourth-order valence-corrected chi connectivity index (χ4v) is 0.246. The number of terminal acetylenes is 1. The van der Waals surface area contributed by atoms with Crippen molar-refractivity contribution in [2.24, 2.45) is 0 Å². The van der Waals surface area contributed by atoms with Gasteiger partial charge in [0.15, 0.2) is 5.62 Å². The van der Waals surface area contributed by atoms with Crippen molar-refractivity contribution >= 4 is 17.4 Å². The zero-order valence-corrected chi connectivity index (χ0v) is 3.99. The van der Waals surface area contributed by atoms with Gasteiger partial charge in [-0.05, 0) is 0 Å². The van der Waals surface area contributed by atoms with Crippen molar-refractivity contribution in [1.29, 1.82) is 0 Å². The van der Waals surface area contributed by atoms with Gasteiger partial charge in [0.2, 0.25) is 0 Å². The van der Waals surface area contributed by atoms with E-state index in [1.54, 1.807) is 0 Å². The van der Waals surface area contributed by atoms with Gasteiger partial charge in [0.25, 0.3) is 0 Å². The Balaban J connectivity index is 2.72. The van der Waals surface area contributed by atoms with Crippen LogP contribution in [0.2, 0.25) is 0 Å². The minimum atomic E-state index is 0.490. The summed E-state index contributed by atoms with van der Waals surface area (Å²) in [7, 11) is 0. The molecule has 0 heterocycles. The fraction of sp³-hybridized carbons (Fsp3) is 0.250. The van der Waals surface area contributed by atoms with Crippen LogP contribution in [0.3, 0.4) is 0 Å². The van der Waals surface area contributed by atoms with Gasteiger partial charge in [-0.15, -0.1) is 6.42 Å². The highest BCUT2D eigenvalue weighted by molar-refractivity contribution is 8.12. The molecule has 0 aromatic carbocycles. The summed E-state index contributed by atoms with van der Waals surface area (Å²) in [4.78, 5) is 9.43. The van der Waals surface area contributed by atoms with Crippen molar-refractivity contribution < 1.29 is 4.79 Å². The summed E-state index contributed by atoms with van der Waals surface area (Å²) in [5.74, 6) is 2.79. The molecule has 0 rings (SSSR count). The molecule has 0 atom stereocenters. The predicted octanol–water partition coefficient (Wildman–Crippen LogP) is 0.543. The zero-order valence-electron chi connectivity index (χ0n) is 3.18. The molecule has 0 spiro atoms. The van der Waals surface area contributed by atoms with Gasteiger partial charge in [-0.2, -0.15) is 0 Å².